The molecule has 0 radical (unpaired) electrons. The number of carbonyl (C=O) groups excluding carboxylic acids is 1. The van der Waals surface area contributed by atoms with Gasteiger partial charge in [0.05, 0.1) is 11.4 Å². The molecule has 0 atom stereocenters. The lowest BCUT2D eigenvalue weighted by atomic mass is 10.2. The van der Waals surface area contributed by atoms with Gasteiger partial charge in [0, 0.05) is 32.4 Å². The van der Waals surface area contributed by atoms with Crippen LogP contribution in [0.15, 0.2) is 24.3 Å². The van der Waals surface area contributed by atoms with Gasteiger partial charge in [0.25, 0.3) is 5.91 Å². The fraction of sp³-hybridized carbons (Fsp3) is 0.286. The van der Waals surface area contributed by atoms with Crippen molar-refractivity contribution in [3.05, 3.63) is 35.5 Å². The van der Waals surface area contributed by atoms with Crippen molar-refractivity contribution < 1.29 is 4.79 Å². The Hall–Kier alpha value is -2.50. The second-order valence-corrected chi connectivity index (χ2v) is 4.87. The maximum absolute atomic E-state index is 12.2. The summed E-state index contributed by atoms with van der Waals surface area (Å²) in [5.74, 6) is 0.314. The smallest absolute Gasteiger partial charge is 0.256 e. The van der Waals surface area contributed by atoms with E-state index in [1.165, 1.54) is 0 Å². The third kappa shape index (κ3) is 2.59. The minimum absolute atomic E-state index is 0.204. The quantitative estimate of drug-likeness (QED) is 0.891. The maximum atomic E-state index is 12.2. The number of benzene rings is 1. The summed E-state index contributed by atoms with van der Waals surface area (Å²) in [5, 5.41) is 6.95. The van der Waals surface area contributed by atoms with Gasteiger partial charge in [-0.05, 0) is 31.2 Å². The van der Waals surface area contributed by atoms with Crippen LogP contribution >= 0.6 is 0 Å². The number of hydrogen-bond donors (Lipinski definition) is 2. The molecule has 0 saturated carbocycles. The third-order valence-corrected chi connectivity index (χ3v) is 3.15. The Balaban J connectivity index is 2.20. The Morgan fingerprint density at radius 2 is 1.90 bits per heavy atom. The molecule has 0 aliphatic heterocycles. The van der Waals surface area contributed by atoms with E-state index in [1.54, 1.807) is 30.8 Å². The van der Waals surface area contributed by atoms with Gasteiger partial charge in [-0.2, -0.15) is 5.10 Å². The molecule has 2 rings (SSSR count). The van der Waals surface area contributed by atoms with Gasteiger partial charge in [0.15, 0.2) is 5.82 Å². The van der Waals surface area contributed by atoms with E-state index in [4.69, 9.17) is 5.73 Å². The summed E-state index contributed by atoms with van der Waals surface area (Å²) in [6.45, 7) is 1.80. The lowest BCUT2D eigenvalue weighted by Crippen LogP contribution is -2.16. The van der Waals surface area contributed by atoms with E-state index in [1.807, 2.05) is 31.1 Å². The van der Waals surface area contributed by atoms with Crippen molar-refractivity contribution in [3.63, 3.8) is 0 Å². The van der Waals surface area contributed by atoms with Crippen molar-refractivity contribution in [2.24, 2.45) is 7.05 Å². The van der Waals surface area contributed by atoms with Crippen LogP contribution in [0.4, 0.5) is 17.2 Å². The molecule has 0 fully saturated rings. The Bertz CT molecular complexity index is 628. The van der Waals surface area contributed by atoms with Crippen molar-refractivity contribution in [3.8, 4) is 0 Å². The molecular formula is C14H19N5O. The van der Waals surface area contributed by atoms with Crippen LogP contribution < -0.4 is 16.0 Å². The highest BCUT2D eigenvalue weighted by molar-refractivity contribution is 6.05. The Kier molecular flexibility index (Phi) is 3.65. The fourth-order valence-electron chi connectivity index (χ4n) is 1.91. The van der Waals surface area contributed by atoms with Gasteiger partial charge in [0.1, 0.15) is 0 Å². The minimum Gasteiger partial charge on any atom is -0.394 e. The first-order chi connectivity index (χ1) is 9.40. The molecule has 2 aromatic rings. The van der Waals surface area contributed by atoms with Crippen LogP contribution in [0.25, 0.3) is 0 Å². The molecule has 1 heterocycles. The van der Waals surface area contributed by atoms with Gasteiger partial charge >= 0.3 is 0 Å². The standard InChI is InChI=1S/C14H19N5O/c1-9-12(15)13(19(4)17-9)16-14(20)10-5-7-11(8-6-10)18(2)3/h5-8H,15H2,1-4H3,(H,16,20). The molecule has 1 aromatic heterocycles. The summed E-state index contributed by atoms with van der Waals surface area (Å²) in [6.07, 6.45) is 0. The summed E-state index contributed by atoms with van der Waals surface area (Å²) < 4.78 is 1.57. The van der Waals surface area contributed by atoms with Crippen molar-refractivity contribution in [2.75, 3.05) is 30.0 Å². The summed E-state index contributed by atoms with van der Waals surface area (Å²) in [4.78, 5) is 14.2. The monoisotopic (exact) mass is 273 g/mol. The molecule has 20 heavy (non-hydrogen) atoms. The third-order valence-electron chi connectivity index (χ3n) is 3.15. The molecule has 0 aliphatic rings. The lowest BCUT2D eigenvalue weighted by Gasteiger charge is -2.12. The predicted octanol–water partition coefficient (Wildman–Crippen LogP) is 1.63. The zero-order chi connectivity index (χ0) is 14.9. The number of aromatic nitrogens is 2. The largest absolute Gasteiger partial charge is 0.394 e. The van der Waals surface area contributed by atoms with Crippen LogP contribution in [-0.2, 0) is 7.05 Å². The number of anilines is 3. The summed E-state index contributed by atoms with van der Waals surface area (Å²) in [7, 11) is 5.65. The summed E-state index contributed by atoms with van der Waals surface area (Å²) in [5.41, 5.74) is 8.70. The SMILES string of the molecule is Cc1nn(C)c(NC(=O)c2ccc(N(C)C)cc2)c1N. The second-order valence-electron chi connectivity index (χ2n) is 4.87. The van der Waals surface area contributed by atoms with E-state index in [0.717, 1.165) is 5.69 Å². The average Bonchev–Trinajstić information content (AvgIpc) is 2.65. The molecule has 6 nitrogen and oxygen atoms in total. The molecule has 1 amide bonds. The van der Waals surface area contributed by atoms with Gasteiger partial charge in [-0.15, -0.1) is 0 Å². The number of aryl methyl sites for hydroxylation is 2. The summed E-state index contributed by atoms with van der Waals surface area (Å²) in [6, 6.07) is 7.35. The van der Waals surface area contributed by atoms with E-state index in [9.17, 15) is 4.79 Å². The Morgan fingerprint density at radius 1 is 1.30 bits per heavy atom. The molecule has 0 spiro atoms. The van der Waals surface area contributed by atoms with Crippen LogP contribution in [0.5, 0.6) is 0 Å². The van der Waals surface area contributed by atoms with Crippen molar-refractivity contribution in [1.82, 2.24) is 9.78 Å². The molecule has 106 valence electrons. The van der Waals surface area contributed by atoms with E-state index in [0.29, 0.717) is 22.8 Å². The lowest BCUT2D eigenvalue weighted by molar-refractivity contribution is 0.102. The normalized spacial score (nSPS) is 10.4. The number of nitrogen functional groups attached to an aromatic ring is 1. The molecule has 6 heteroatoms. The molecule has 0 aliphatic carbocycles. The zero-order valence-electron chi connectivity index (χ0n) is 12.1. The van der Waals surface area contributed by atoms with Crippen LogP contribution in [0.3, 0.4) is 0 Å². The number of nitrogens with zero attached hydrogens (tertiary/aromatic N) is 3. The van der Waals surface area contributed by atoms with E-state index >= 15 is 0 Å². The van der Waals surface area contributed by atoms with Crippen LogP contribution in [0.2, 0.25) is 0 Å². The first-order valence-corrected chi connectivity index (χ1v) is 6.28. The first-order valence-electron chi connectivity index (χ1n) is 6.28. The first kappa shape index (κ1) is 13.9. The van der Waals surface area contributed by atoms with Crippen LogP contribution in [0, 0.1) is 6.92 Å². The van der Waals surface area contributed by atoms with Gasteiger partial charge in [-0.3, -0.25) is 9.48 Å². The number of rotatable bonds is 3. The van der Waals surface area contributed by atoms with Gasteiger partial charge in [0.2, 0.25) is 0 Å². The minimum atomic E-state index is -0.204. The highest BCUT2D eigenvalue weighted by Crippen LogP contribution is 2.22. The predicted molar refractivity (Wildman–Crippen MR) is 81.1 cm³/mol. The molecule has 1 aromatic carbocycles. The maximum Gasteiger partial charge on any atom is 0.256 e. The molecule has 3 N–H and O–H groups in total. The van der Waals surface area contributed by atoms with Gasteiger partial charge < -0.3 is 16.0 Å². The van der Waals surface area contributed by atoms with Crippen molar-refractivity contribution in [1.29, 1.82) is 0 Å². The second kappa shape index (κ2) is 5.24. The number of nitrogens with two attached hydrogens (primary N) is 1. The van der Waals surface area contributed by atoms with Crippen LogP contribution in [-0.4, -0.2) is 29.8 Å². The highest BCUT2D eigenvalue weighted by Gasteiger charge is 2.14. The number of carbonyl (C=O) groups is 1. The van der Waals surface area contributed by atoms with Gasteiger partial charge in [-0.1, -0.05) is 0 Å². The van der Waals surface area contributed by atoms with E-state index in [-0.39, 0.29) is 5.91 Å². The number of nitrogens with one attached hydrogen (secondary N) is 1. The Labute approximate surface area is 118 Å². The summed E-state index contributed by atoms with van der Waals surface area (Å²) >= 11 is 0. The van der Waals surface area contributed by atoms with E-state index < -0.39 is 0 Å². The molecular weight excluding hydrogens is 254 g/mol. The average molecular weight is 273 g/mol. The van der Waals surface area contributed by atoms with Crippen molar-refractivity contribution >= 4 is 23.1 Å². The molecule has 0 unspecified atom stereocenters. The van der Waals surface area contributed by atoms with Gasteiger partial charge in [-0.25, -0.2) is 0 Å². The molecule has 0 saturated heterocycles. The zero-order valence-corrected chi connectivity index (χ0v) is 12.1. The topological polar surface area (TPSA) is 76.2 Å². The number of hydrogen-bond acceptors (Lipinski definition) is 4. The number of amides is 1. The Morgan fingerprint density at radius 3 is 2.35 bits per heavy atom. The highest BCUT2D eigenvalue weighted by atomic mass is 16.1. The van der Waals surface area contributed by atoms with E-state index in [2.05, 4.69) is 10.4 Å². The van der Waals surface area contributed by atoms with Crippen molar-refractivity contribution in [2.45, 2.75) is 6.92 Å². The van der Waals surface area contributed by atoms with Crippen LogP contribution in [0.1, 0.15) is 16.1 Å². The molecule has 0 bridgehead atoms. The fourth-order valence-corrected chi connectivity index (χ4v) is 1.91.